The second kappa shape index (κ2) is 14.2. The third-order valence-electron chi connectivity index (χ3n) is 9.49. The minimum absolute atomic E-state index is 0. The number of aromatic hydroxyl groups is 1. The molecule has 6 aromatic carbocycles. The van der Waals surface area contributed by atoms with Gasteiger partial charge in [0.15, 0.2) is 0 Å². The molecular weight excluding hydrogens is 832 g/mol. The maximum Gasteiger partial charge on any atom is 0.142 e. The summed E-state index contributed by atoms with van der Waals surface area (Å²) < 4.78 is 2.35. The number of hydrogen-bond acceptors (Lipinski definition) is 4. The molecule has 0 amide bonds. The summed E-state index contributed by atoms with van der Waals surface area (Å²) in [6.45, 7) is 0. The van der Waals surface area contributed by atoms with Crippen molar-refractivity contribution in [3.8, 4) is 73.5 Å². The van der Waals surface area contributed by atoms with Gasteiger partial charge in [0.1, 0.15) is 11.8 Å². The average Bonchev–Trinajstić information content (AvgIpc) is 3.56. The fourth-order valence-corrected chi connectivity index (χ4v) is 7.05. The number of benzene rings is 6. The van der Waals surface area contributed by atoms with Gasteiger partial charge in [-0.3, -0.25) is 9.97 Å². The molecule has 0 aliphatic heterocycles. The summed E-state index contributed by atoms with van der Waals surface area (Å²) in [4.78, 5) is 9.82. The van der Waals surface area contributed by atoms with Crippen LogP contribution in [0.1, 0.15) is 5.56 Å². The van der Waals surface area contributed by atoms with Crippen LogP contribution < -0.4 is 0 Å². The molecule has 0 saturated heterocycles. The first-order chi connectivity index (χ1) is 25.7. The number of nitrogens with zero attached hydrogens (tertiary/aromatic N) is 4. The first-order valence-electron chi connectivity index (χ1n) is 17.0. The molecule has 0 saturated carbocycles. The second-order valence-electron chi connectivity index (χ2n) is 12.6. The Kier molecular flexibility index (Phi) is 8.98. The van der Waals surface area contributed by atoms with Gasteiger partial charge < -0.3 is 9.67 Å². The maximum absolute atomic E-state index is 11.0. The van der Waals surface area contributed by atoms with Crippen LogP contribution in [-0.2, 0) is 21.1 Å². The molecule has 5 nitrogen and oxygen atoms in total. The molecule has 0 aliphatic rings. The number of nitriles is 1. The number of para-hydroxylation sites is 4. The number of fused-ring (bicyclic) bond motifs is 3. The quantitative estimate of drug-likeness (QED) is 0.169. The van der Waals surface area contributed by atoms with Crippen LogP contribution >= 0.6 is 0 Å². The Hall–Kier alpha value is -6.60. The zero-order chi connectivity index (χ0) is 35.0. The SMILES string of the molecule is N#Cc1cccc(-c2cc(-c3ccccc3)cc(-c3[c-]c(-c4cc(-c5cccc6c7ccccc7n(-c7ccccc7)c56)ccn4)ccc3)n2)c1O.[Pt]. The van der Waals surface area contributed by atoms with E-state index in [1.165, 1.54) is 10.8 Å². The van der Waals surface area contributed by atoms with Crippen molar-refractivity contribution in [1.82, 2.24) is 14.5 Å². The molecule has 0 unspecified atom stereocenters. The van der Waals surface area contributed by atoms with E-state index in [1.54, 1.807) is 18.2 Å². The van der Waals surface area contributed by atoms with Gasteiger partial charge in [-0.2, -0.15) is 5.26 Å². The number of phenolic OH excluding ortho intramolecular Hbond substituents is 1. The molecule has 3 aromatic heterocycles. The van der Waals surface area contributed by atoms with Gasteiger partial charge in [0, 0.05) is 66.2 Å². The number of hydrogen-bond donors (Lipinski definition) is 1. The van der Waals surface area contributed by atoms with Gasteiger partial charge in [0.05, 0.1) is 22.3 Å². The molecule has 1 N–H and O–H groups in total. The zero-order valence-corrected chi connectivity index (χ0v) is 30.5. The molecule has 6 heteroatoms. The summed E-state index contributed by atoms with van der Waals surface area (Å²) >= 11 is 0. The summed E-state index contributed by atoms with van der Waals surface area (Å²) in [5.41, 5.74) is 11.9. The number of phenols is 1. The Morgan fingerprint density at radius 3 is 2.02 bits per heavy atom. The predicted molar refractivity (Wildman–Crippen MR) is 209 cm³/mol. The molecule has 53 heavy (non-hydrogen) atoms. The first-order valence-corrected chi connectivity index (χ1v) is 17.0. The third-order valence-corrected chi connectivity index (χ3v) is 9.49. The van der Waals surface area contributed by atoms with Crippen molar-refractivity contribution in [2.75, 3.05) is 0 Å². The summed E-state index contributed by atoms with van der Waals surface area (Å²) in [6.07, 6.45) is 1.86. The summed E-state index contributed by atoms with van der Waals surface area (Å²) in [5, 5.41) is 23.0. The number of pyridine rings is 2. The molecule has 0 aliphatic carbocycles. The van der Waals surface area contributed by atoms with Gasteiger partial charge in [-0.1, -0.05) is 114 Å². The fourth-order valence-electron chi connectivity index (χ4n) is 7.05. The van der Waals surface area contributed by atoms with Crippen molar-refractivity contribution in [3.05, 3.63) is 182 Å². The molecule has 0 bridgehead atoms. The van der Waals surface area contributed by atoms with Crippen LogP contribution in [0.4, 0.5) is 0 Å². The van der Waals surface area contributed by atoms with Crippen molar-refractivity contribution in [1.29, 1.82) is 5.26 Å². The smallest absolute Gasteiger partial charge is 0.142 e. The second-order valence-corrected chi connectivity index (χ2v) is 12.6. The monoisotopic (exact) mass is 860 g/mol. The third kappa shape index (κ3) is 6.10. The zero-order valence-electron chi connectivity index (χ0n) is 28.2. The van der Waals surface area contributed by atoms with Crippen LogP contribution in [0.3, 0.4) is 0 Å². The Bertz CT molecular complexity index is 2820. The van der Waals surface area contributed by atoms with E-state index in [0.29, 0.717) is 17.0 Å². The van der Waals surface area contributed by atoms with Crippen molar-refractivity contribution < 1.29 is 26.2 Å². The van der Waals surface area contributed by atoms with E-state index < -0.39 is 0 Å². The summed E-state index contributed by atoms with van der Waals surface area (Å²) in [7, 11) is 0. The van der Waals surface area contributed by atoms with Crippen LogP contribution in [0.15, 0.2) is 170 Å². The van der Waals surface area contributed by atoms with Crippen molar-refractivity contribution in [2.24, 2.45) is 0 Å². The average molecular weight is 861 g/mol. The van der Waals surface area contributed by atoms with E-state index in [1.807, 2.05) is 72.9 Å². The van der Waals surface area contributed by atoms with Crippen molar-refractivity contribution >= 4 is 21.8 Å². The van der Waals surface area contributed by atoms with E-state index in [4.69, 9.17) is 9.97 Å². The molecule has 254 valence electrons. The molecular formula is C47H29N4OPt-. The van der Waals surface area contributed by atoms with Gasteiger partial charge >= 0.3 is 0 Å². The van der Waals surface area contributed by atoms with Crippen LogP contribution in [0.25, 0.3) is 83.5 Å². The standard InChI is InChI=1S/C47H29N4O.Pt/c48-30-35-16-10-22-41(47(35)52)44-29-36(31-12-3-1-4-13-31)28-43(50-44)34-15-9-14-33(26-34)42-27-32(24-25-49-42)38-20-11-21-40-39-19-7-8-23-45(39)51(46(38)40)37-17-5-2-6-18-37;/h1-25,27-29,52H;/q-1;. The molecule has 0 radical (unpaired) electrons. The largest absolute Gasteiger partial charge is 0.506 e. The topological polar surface area (TPSA) is 74.7 Å². The fraction of sp³-hybridized carbons (Fsp3) is 0. The van der Waals surface area contributed by atoms with Gasteiger partial charge in [-0.05, 0) is 59.2 Å². The van der Waals surface area contributed by atoms with Gasteiger partial charge in [0.25, 0.3) is 0 Å². The molecule has 9 rings (SSSR count). The molecule has 0 atom stereocenters. The maximum atomic E-state index is 11.0. The Balaban J connectivity index is 0.00000400. The van der Waals surface area contributed by atoms with E-state index in [2.05, 4.69) is 95.6 Å². The Morgan fingerprint density at radius 1 is 0.566 bits per heavy atom. The number of rotatable bonds is 6. The summed E-state index contributed by atoms with van der Waals surface area (Å²) in [5.74, 6) is -0.0891. The molecule has 3 heterocycles. The summed E-state index contributed by atoms with van der Waals surface area (Å²) in [6, 6.07) is 60.6. The van der Waals surface area contributed by atoms with Crippen LogP contribution in [0.5, 0.6) is 5.75 Å². The Labute approximate surface area is 321 Å². The van der Waals surface area contributed by atoms with Crippen LogP contribution in [-0.4, -0.2) is 19.6 Å². The molecule has 0 fully saturated rings. The van der Waals surface area contributed by atoms with E-state index >= 15 is 0 Å². The van der Waals surface area contributed by atoms with Crippen LogP contribution in [0, 0.1) is 17.4 Å². The number of aromatic nitrogens is 3. The van der Waals surface area contributed by atoms with E-state index in [9.17, 15) is 10.4 Å². The van der Waals surface area contributed by atoms with Gasteiger partial charge in [-0.15, -0.1) is 24.3 Å². The Morgan fingerprint density at radius 2 is 1.21 bits per heavy atom. The van der Waals surface area contributed by atoms with E-state index in [0.717, 1.165) is 55.8 Å². The van der Waals surface area contributed by atoms with Crippen molar-refractivity contribution in [3.63, 3.8) is 0 Å². The minimum Gasteiger partial charge on any atom is -0.506 e. The molecule has 0 spiro atoms. The normalized spacial score (nSPS) is 10.9. The minimum atomic E-state index is -0.0891. The van der Waals surface area contributed by atoms with Crippen molar-refractivity contribution in [2.45, 2.75) is 0 Å². The molecule has 9 aromatic rings. The van der Waals surface area contributed by atoms with Crippen LogP contribution in [0.2, 0.25) is 0 Å². The van der Waals surface area contributed by atoms with Gasteiger partial charge in [-0.25, -0.2) is 0 Å². The van der Waals surface area contributed by atoms with Gasteiger partial charge in [0.2, 0.25) is 0 Å². The first kappa shape index (κ1) is 33.5. The van der Waals surface area contributed by atoms with E-state index in [-0.39, 0.29) is 32.4 Å². The predicted octanol–water partition coefficient (Wildman–Crippen LogP) is 11.3.